The van der Waals surface area contributed by atoms with Crippen molar-refractivity contribution in [2.75, 3.05) is 5.32 Å². The van der Waals surface area contributed by atoms with Crippen LogP contribution in [0.3, 0.4) is 0 Å². The Balaban J connectivity index is 1.89. The number of nitrogens with one attached hydrogen (secondary N) is 1. The second kappa shape index (κ2) is 5.81. The van der Waals surface area contributed by atoms with Crippen LogP contribution in [-0.4, -0.2) is 19.8 Å². The van der Waals surface area contributed by atoms with Gasteiger partial charge in [-0.25, -0.2) is 4.98 Å². The highest BCUT2D eigenvalue weighted by Crippen LogP contribution is 2.25. The van der Waals surface area contributed by atoms with E-state index in [9.17, 15) is 0 Å². The second-order valence-corrected chi connectivity index (χ2v) is 5.80. The molecule has 0 amide bonds. The Morgan fingerprint density at radius 1 is 1.43 bits per heavy atom. The zero-order chi connectivity index (χ0) is 14.8. The molecular formula is C15H19N5S. The number of rotatable bonds is 4. The van der Waals surface area contributed by atoms with Gasteiger partial charge in [0.1, 0.15) is 10.8 Å². The maximum absolute atomic E-state index is 5.86. The van der Waals surface area contributed by atoms with Crippen molar-refractivity contribution in [2.24, 2.45) is 12.8 Å². The van der Waals surface area contributed by atoms with Crippen LogP contribution in [0.4, 0.5) is 5.82 Å². The van der Waals surface area contributed by atoms with Crippen molar-refractivity contribution in [1.82, 2.24) is 14.8 Å². The standard InChI is InChI=1S/C15H19N5S/c1-20-11(6-7-18-20)9-17-15-12(14(16)21)8-10-4-2-3-5-13(10)19-15/h6-8H,2-5,9H2,1H3,(H2,16,21)(H,17,19). The molecule has 0 aromatic carbocycles. The van der Waals surface area contributed by atoms with Crippen molar-refractivity contribution in [3.63, 3.8) is 0 Å². The number of hydrogen-bond acceptors (Lipinski definition) is 4. The molecular weight excluding hydrogens is 282 g/mol. The first-order chi connectivity index (χ1) is 10.1. The van der Waals surface area contributed by atoms with E-state index < -0.39 is 0 Å². The highest BCUT2D eigenvalue weighted by Gasteiger charge is 2.16. The fourth-order valence-corrected chi connectivity index (χ4v) is 2.86. The summed E-state index contributed by atoms with van der Waals surface area (Å²) in [6.45, 7) is 0.651. The Hall–Kier alpha value is -1.95. The zero-order valence-electron chi connectivity index (χ0n) is 12.1. The minimum absolute atomic E-state index is 0.392. The zero-order valence-corrected chi connectivity index (χ0v) is 12.9. The van der Waals surface area contributed by atoms with Crippen LogP contribution in [0.25, 0.3) is 0 Å². The molecule has 0 bridgehead atoms. The Morgan fingerprint density at radius 2 is 2.24 bits per heavy atom. The van der Waals surface area contributed by atoms with E-state index in [-0.39, 0.29) is 0 Å². The van der Waals surface area contributed by atoms with E-state index >= 15 is 0 Å². The van der Waals surface area contributed by atoms with E-state index in [1.165, 1.54) is 24.1 Å². The maximum atomic E-state index is 5.86. The average molecular weight is 301 g/mol. The van der Waals surface area contributed by atoms with Gasteiger partial charge in [0.05, 0.1) is 17.8 Å². The number of nitrogens with two attached hydrogens (primary N) is 1. The lowest BCUT2D eigenvalue weighted by atomic mass is 9.94. The van der Waals surface area contributed by atoms with Crippen molar-refractivity contribution in [3.8, 4) is 0 Å². The Kier molecular flexibility index (Phi) is 3.88. The van der Waals surface area contributed by atoms with Gasteiger partial charge in [-0.05, 0) is 43.4 Å². The predicted octanol–water partition coefficient (Wildman–Crippen LogP) is 1.94. The molecule has 1 aliphatic rings. The number of thiocarbonyl (C=S) groups is 1. The quantitative estimate of drug-likeness (QED) is 0.845. The van der Waals surface area contributed by atoms with Crippen LogP contribution < -0.4 is 11.1 Å². The molecule has 0 spiro atoms. The maximum Gasteiger partial charge on any atom is 0.136 e. The van der Waals surface area contributed by atoms with Crippen LogP contribution in [0, 0.1) is 0 Å². The molecule has 0 saturated heterocycles. The summed E-state index contributed by atoms with van der Waals surface area (Å²) in [5.74, 6) is 0.782. The van der Waals surface area contributed by atoms with Crippen molar-refractivity contribution >= 4 is 23.0 Å². The molecule has 2 aromatic heterocycles. The topological polar surface area (TPSA) is 68.8 Å². The van der Waals surface area contributed by atoms with E-state index in [0.717, 1.165) is 29.9 Å². The fraction of sp³-hybridized carbons (Fsp3) is 0.400. The Labute approximate surface area is 129 Å². The van der Waals surface area contributed by atoms with E-state index in [1.807, 2.05) is 17.8 Å². The van der Waals surface area contributed by atoms with Gasteiger partial charge >= 0.3 is 0 Å². The van der Waals surface area contributed by atoms with E-state index in [2.05, 4.69) is 16.5 Å². The van der Waals surface area contributed by atoms with Gasteiger partial charge < -0.3 is 11.1 Å². The first-order valence-electron chi connectivity index (χ1n) is 7.18. The molecule has 0 fully saturated rings. The molecule has 21 heavy (non-hydrogen) atoms. The summed E-state index contributed by atoms with van der Waals surface area (Å²) >= 11 is 5.17. The summed E-state index contributed by atoms with van der Waals surface area (Å²) in [7, 11) is 1.92. The number of fused-ring (bicyclic) bond motifs is 1. The molecule has 2 aromatic rings. The molecule has 3 rings (SSSR count). The van der Waals surface area contributed by atoms with Crippen molar-refractivity contribution in [1.29, 1.82) is 0 Å². The Morgan fingerprint density at radius 3 is 2.95 bits per heavy atom. The third-order valence-electron chi connectivity index (χ3n) is 3.93. The highest BCUT2D eigenvalue weighted by atomic mass is 32.1. The van der Waals surface area contributed by atoms with E-state index in [0.29, 0.717) is 11.5 Å². The van der Waals surface area contributed by atoms with Gasteiger partial charge in [0, 0.05) is 18.9 Å². The minimum Gasteiger partial charge on any atom is -0.389 e. The smallest absolute Gasteiger partial charge is 0.136 e. The van der Waals surface area contributed by atoms with E-state index in [4.69, 9.17) is 22.9 Å². The van der Waals surface area contributed by atoms with Gasteiger partial charge in [-0.2, -0.15) is 5.10 Å². The SMILES string of the molecule is Cn1nccc1CNc1nc2c(cc1C(N)=S)CCCC2. The number of nitrogens with zero attached hydrogens (tertiary/aromatic N) is 3. The molecule has 3 N–H and O–H groups in total. The van der Waals surface area contributed by atoms with Gasteiger partial charge in [-0.1, -0.05) is 12.2 Å². The molecule has 0 unspecified atom stereocenters. The highest BCUT2D eigenvalue weighted by molar-refractivity contribution is 7.80. The lowest BCUT2D eigenvalue weighted by Crippen LogP contribution is -2.18. The lowest BCUT2D eigenvalue weighted by molar-refractivity contribution is 0.667. The third kappa shape index (κ3) is 2.90. The molecule has 110 valence electrons. The van der Waals surface area contributed by atoms with Crippen molar-refractivity contribution in [2.45, 2.75) is 32.2 Å². The molecule has 2 heterocycles. The number of hydrogen-bond donors (Lipinski definition) is 2. The molecule has 0 aliphatic heterocycles. The second-order valence-electron chi connectivity index (χ2n) is 5.36. The fourth-order valence-electron chi connectivity index (χ4n) is 2.71. The van der Waals surface area contributed by atoms with E-state index in [1.54, 1.807) is 6.20 Å². The number of aryl methyl sites for hydroxylation is 3. The summed E-state index contributed by atoms with van der Waals surface area (Å²) in [6, 6.07) is 4.08. The van der Waals surface area contributed by atoms with Crippen LogP contribution in [0.2, 0.25) is 0 Å². The Bertz CT molecular complexity index is 677. The molecule has 0 radical (unpaired) electrons. The van der Waals surface area contributed by atoms with Crippen LogP contribution >= 0.6 is 12.2 Å². The largest absolute Gasteiger partial charge is 0.389 e. The summed E-state index contributed by atoms with van der Waals surface area (Å²) in [6.07, 6.45) is 6.31. The molecule has 6 heteroatoms. The molecule has 1 aliphatic carbocycles. The summed E-state index contributed by atoms with van der Waals surface area (Å²) in [4.78, 5) is 5.15. The summed E-state index contributed by atoms with van der Waals surface area (Å²) in [5.41, 5.74) is 10.2. The van der Waals surface area contributed by atoms with Crippen LogP contribution in [0.1, 0.15) is 35.4 Å². The lowest BCUT2D eigenvalue weighted by Gasteiger charge is -2.19. The number of pyridine rings is 1. The van der Waals surface area contributed by atoms with Gasteiger partial charge in [0.2, 0.25) is 0 Å². The molecule has 0 atom stereocenters. The third-order valence-corrected chi connectivity index (χ3v) is 4.15. The van der Waals surface area contributed by atoms with Crippen molar-refractivity contribution < 1.29 is 0 Å². The van der Waals surface area contributed by atoms with Gasteiger partial charge in [-0.3, -0.25) is 4.68 Å². The normalized spacial score (nSPS) is 13.8. The van der Waals surface area contributed by atoms with Crippen LogP contribution in [0.15, 0.2) is 18.3 Å². The number of aromatic nitrogens is 3. The summed E-state index contributed by atoms with van der Waals surface area (Å²) < 4.78 is 1.84. The monoisotopic (exact) mass is 301 g/mol. The van der Waals surface area contributed by atoms with Crippen molar-refractivity contribution in [3.05, 3.63) is 40.8 Å². The van der Waals surface area contributed by atoms with Gasteiger partial charge in [0.15, 0.2) is 0 Å². The van der Waals surface area contributed by atoms with Gasteiger partial charge in [-0.15, -0.1) is 0 Å². The first kappa shape index (κ1) is 14.0. The first-order valence-corrected chi connectivity index (χ1v) is 7.59. The molecule has 5 nitrogen and oxygen atoms in total. The van der Waals surface area contributed by atoms with Gasteiger partial charge in [0.25, 0.3) is 0 Å². The summed E-state index contributed by atoms with van der Waals surface area (Å²) in [5, 5.41) is 7.51. The van der Waals surface area contributed by atoms with Crippen LogP contribution in [0.5, 0.6) is 0 Å². The predicted molar refractivity (Wildman–Crippen MR) is 87.3 cm³/mol. The number of anilines is 1. The minimum atomic E-state index is 0.392. The van der Waals surface area contributed by atoms with Crippen LogP contribution in [-0.2, 0) is 26.4 Å². The average Bonchev–Trinajstić information content (AvgIpc) is 2.89. The molecule has 0 saturated carbocycles.